The molecule has 112 valence electrons. The van der Waals surface area contributed by atoms with Crippen LogP contribution in [0.1, 0.15) is 12.8 Å². The molecule has 1 aromatic rings. The Kier molecular flexibility index (Phi) is 3.72. The lowest BCUT2D eigenvalue weighted by atomic mass is 9.98. The minimum absolute atomic E-state index is 0.101. The van der Waals surface area contributed by atoms with Gasteiger partial charge in [-0.15, -0.1) is 0 Å². The number of imide groups is 1. The first-order valence-electron chi connectivity index (χ1n) is 7.22. The highest BCUT2D eigenvalue weighted by Crippen LogP contribution is 2.22. The van der Waals surface area contributed by atoms with E-state index < -0.39 is 0 Å². The summed E-state index contributed by atoms with van der Waals surface area (Å²) in [7, 11) is 1.66. The first-order chi connectivity index (χ1) is 10.1. The summed E-state index contributed by atoms with van der Waals surface area (Å²) in [5.41, 5.74) is 0. The van der Waals surface area contributed by atoms with Crippen LogP contribution in [0.25, 0.3) is 0 Å². The summed E-state index contributed by atoms with van der Waals surface area (Å²) < 4.78 is 0. The third kappa shape index (κ3) is 2.81. The molecule has 0 spiro atoms. The number of carbonyl (C=O) groups excluding carboxylic acids is 2. The number of piperidine rings is 1. The van der Waals surface area contributed by atoms with Crippen molar-refractivity contribution in [3.63, 3.8) is 0 Å². The van der Waals surface area contributed by atoms with Gasteiger partial charge in [0.2, 0.25) is 11.9 Å². The summed E-state index contributed by atoms with van der Waals surface area (Å²) in [6, 6.07) is 1.61. The summed E-state index contributed by atoms with van der Waals surface area (Å²) >= 11 is 0. The molecule has 2 aliphatic rings. The molecule has 2 aliphatic heterocycles. The van der Waals surface area contributed by atoms with E-state index in [-0.39, 0.29) is 24.4 Å². The minimum Gasteiger partial charge on any atom is -0.340 e. The highest BCUT2D eigenvalue weighted by molar-refractivity contribution is 6.01. The molecule has 0 radical (unpaired) electrons. The number of nitrogens with zero attached hydrogens (tertiary/aromatic N) is 5. The third-order valence-corrected chi connectivity index (χ3v) is 4.03. The van der Waals surface area contributed by atoms with Crippen molar-refractivity contribution in [1.29, 1.82) is 0 Å². The van der Waals surface area contributed by atoms with Crippen LogP contribution in [0, 0.1) is 5.92 Å². The second-order valence-electron chi connectivity index (χ2n) is 5.65. The number of aromatic nitrogens is 2. The largest absolute Gasteiger partial charge is 0.340 e. The zero-order valence-electron chi connectivity index (χ0n) is 12.1. The van der Waals surface area contributed by atoms with Crippen molar-refractivity contribution < 1.29 is 9.59 Å². The number of amides is 3. The van der Waals surface area contributed by atoms with Crippen molar-refractivity contribution >= 4 is 17.9 Å². The monoisotopic (exact) mass is 289 g/mol. The van der Waals surface area contributed by atoms with Crippen LogP contribution in [0.2, 0.25) is 0 Å². The number of hydrogen-bond donors (Lipinski definition) is 0. The first-order valence-corrected chi connectivity index (χ1v) is 7.22. The normalized spacial score (nSPS) is 23.1. The zero-order valence-corrected chi connectivity index (χ0v) is 12.1. The lowest BCUT2D eigenvalue weighted by Crippen LogP contribution is -2.43. The van der Waals surface area contributed by atoms with E-state index in [4.69, 9.17) is 0 Å². The van der Waals surface area contributed by atoms with Crippen LogP contribution in [0.4, 0.5) is 10.7 Å². The van der Waals surface area contributed by atoms with Crippen LogP contribution in [-0.2, 0) is 4.79 Å². The number of anilines is 1. The SMILES string of the molecule is CN1CC(=O)N(CC2CCCN(c3ncccn3)C2)C1=O. The molecule has 0 aromatic carbocycles. The molecule has 21 heavy (non-hydrogen) atoms. The number of hydrogen-bond acceptors (Lipinski definition) is 5. The smallest absolute Gasteiger partial charge is 0.326 e. The van der Waals surface area contributed by atoms with Gasteiger partial charge < -0.3 is 9.80 Å². The Morgan fingerprint density at radius 1 is 1.29 bits per heavy atom. The molecule has 2 fully saturated rings. The molecule has 3 amide bonds. The second-order valence-corrected chi connectivity index (χ2v) is 5.65. The van der Waals surface area contributed by atoms with Gasteiger partial charge in [-0.1, -0.05) is 0 Å². The molecule has 0 aliphatic carbocycles. The van der Waals surface area contributed by atoms with Crippen molar-refractivity contribution in [2.75, 3.05) is 38.1 Å². The summed E-state index contributed by atoms with van der Waals surface area (Å²) in [5.74, 6) is 0.899. The molecule has 1 unspecified atom stereocenters. The van der Waals surface area contributed by atoms with E-state index >= 15 is 0 Å². The van der Waals surface area contributed by atoms with Crippen LogP contribution in [-0.4, -0.2) is 64.9 Å². The van der Waals surface area contributed by atoms with Gasteiger partial charge in [0.05, 0.1) is 0 Å². The molecule has 7 heteroatoms. The molecule has 3 rings (SSSR count). The highest BCUT2D eigenvalue weighted by atomic mass is 16.2. The van der Waals surface area contributed by atoms with Crippen LogP contribution in [0.5, 0.6) is 0 Å². The van der Waals surface area contributed by atoms with Gasteiger partial charge in [-0.3, -0.25) is 9.69 Å². The topological polar surface area (TPSA) is 69.6 Å². The van der Waals surface area contributed by atoms with Crippen LogP contribution in [0.15, 0.2) is 18.5 Å². The van der Waals surface area contributed by atoms with Gasteiger partial charge in [0.25, 0.3) is 0 Å². The predicted octanol–water partition coefficient (Wildman–Crippen LogP) is 0.587. The van der Waals surface area contributed by atoms with Crippen molar-refractivity contribution in [3.05, 3.63) is 18.5 Å². The van der Waals surface area contributed by atoms with Gasteiger partial charge in [-0.05, 0) is 24.8 Å². The van der Waals surface area contributed by atoms with Gasteiger partial charge in [0.1, 0.15) is 6.54 Å². The molecule has 1 atom stereocenters. The van der Waals surface area contributed by atoms with Crippen molar-refractivity contribution in [1.82, 2.24) is 19.8 Å². The van der Waals surface area contributed by atoms with Crippen molar-refractivity contribution in [2.24, 2.45) is 5.92 Å². The molecule has 3 heterocycles. The molecule has 1 aromatic heterocycles. The quantitative estimate of drug-likeness (QED) is 0.762. The van der Waals surface area contributed by atoms with Gasteiger partial charge in [-0.2, -0.15) is 0 Å². The van der Waals surface area contributed by atoms with Gasteiger partial charge >= 0.3 is 6.03 Å². The molecule has 0 saturated carbocycles. The fraction of sp³-hybridized carbons (Fsp3) is 0.571. The van der Waals surface area contributed by atoms with E-state index in [1.807, 2.05) is 0 Å². The fourth-order valence-electron chi connectivity index (χ4n) is 2.96. The van der Waals surface area contributed by atoms with E-state index in [1.165, 1.54) is 9.80 Å². The second kappa shape index (κ2) is 5.67. The maximum Gasteiger partial charge on any atom is 0.326 e. The average Bonchev–Trinajstić information content (AvgIpc) is 2.75. The molecular weight excluding hydrogens is 270 g/mol. The van der Waals surface area contributed by atoms with Crippen LogP contribution < -0.4 is 4.90 Å². The van der Waals surface area contributed by atoms with Gasteiger partial charge in [0, 0.05) is 39.1 Å². The third-order valence-electron chi connectivity index (χ3n) is 4.03. The minimum atomic E-state index is -0.187. The highest BCUT2D eigenvalue weighted by Gasteiger charge is 2.36. The Balaban J connectivity index is 1.64. The van der Waals surface area contributed by atoms with Gasteiger partial charge in [0.15, 0.2) is 0 Å². The Morgan fingerprint density at radius 3 is 2.71 bits per heavy atom. The molecule has 0 N–H and O–H groups in total. The van der Waals surface area contributed by atoms with E-state index in [0.29, 0.717) is 6.54 Å². The van der Waals surface area contributed by atoms with Crippen molar-refractivity contribution in [2.45, 2.75) is 12.8 Å². The Morgan fingerprint density at radius 2 is 2.05 bits per heavy atom. The molecule has 2 saturated heterocycles. The Bertz CT molecular complexity index is 535. The number of likely N-dealkylation sites (N-methyl/N-ethyl adjacent to an activating group) is 1. The Labute approximate surface area is 123 Å². The first kappa shape index (κ1) is 13.8. The summed E-state index contributed by atoms with van der Waals surface area (Å²) in [6.45, 7) is 2.38. The van der Waals surface area contributed by atoms with E-state index in [9.17, 15) is 9.59 Å². The van der Waals surface area contributed by atoms with Gasteiger partial charge in [-0.25, -0.2) is 14.8 Å². The predicted molar refractivity (Wildman–Crippen MR) is 76.7 cm³/mol. The number of urea groups is 1. The average molecular weight is 289 g/mol. The maximum atomic E-state index is 11.9. The zero-order chi connectivity index (χ0) is 14.8. The molecular formula is C14H19N5O2. The maximum absolute atomic E-state index is 11.9. The number of carbonyl (C=O) groups is 2. The van der Waals surface area contributed by atoms with E-state index in [1.54, 1.807) is 25.5 Å². The van der Waals surface area contributed by atoms with E-state index in [2.05, 4.69) is 14.9 Å². The van der Waals surface area contributed by atoms with Crippen molar-refractivity contribution in [3.8, 4) is 0 Å². The molecule has 7 nitrogen and oxygen atoms in total. The lowest BCUT2D eigenvalue weighted by Gasteiger charge is -2.34. The van der Waals surface area contributed by atoms with Crippen LogP contribution in [0.3, 0.4) is 0 Å². The summed E-state index contributed by atoms with van der Waals surface area (Å²) in [5, 5.41) is 0. The van der Waals surface area contributed by atoms with E-state index in [0.717, 1.165) is 31.9 Å². The standard InChI is InChI=1S/C14H19N5O2/c1-17-10-12(20)19(14(17)21)9-11-4-2-7-18(8-11)13-15-5-3-6-16-13/h3,5-6,11H,2,4,7-10H2,1H3. The molecule has 0 bridgehead atoms. The summed E-state index contributed by atoms with van der Waals surface area (Å²) in [4.78, 5) is 37.3. The lowest BCUT2D eigenvalue weighted by molar-refractivity contribution is -0.125. The summed E-state index contributed by atoms with van der Waals surface area (Å²) in [6.07, 6.45) is 5.50. The number of rotatable bonds is 3. The fourth-order valence-corrected chi connectivity index (χ4v) is 2.96. The Hall–Kier alpha value is -2.18. The van der Waals surface area contributed by atoms with Crippen LogP contribution >= 0.6 is 0 Å².